The highest BCUT2D eigenvalue weighted by atomic mass is 32.1. The number of aromatic nitrogens is 1. The van der Waals surface area contributed by atoms with Crippen molar-refractivity contribution in [2.24, 2.45) is 0 Å². The minimum absolute atomic E-state index is 0.0269. The van der Waals surface area contributed by atoms with E-state index in [1.54, 1.807) is 18.1 Å². The number of rotatable bonds is 7. The summed E-state index contributed by atoms with van der Waals surface area (Å²) in [5, 5.41) is 0.607. The number of ether oxygens (including phenoxy) is 1. The van der Waals surface area contributed by atoms with Crippen molar-refractivity contribution in [2.75, 3.05) is 39.2 Å². The number of amides is 1. The molecule has 0 saturated heterocycles. The highest BCUT2D eigenvalue weighted by Gasteiger charge is 2.21. The number of fused-ring (bicyclic) bond motifs is 1. The number of thiazole rings is 1. The lowest BCUT2D eigenvalue weighted by Gasteiger charge is -2.20. The first-order chi connectivity index (χ1) is 13.0. The standard InChI is InChI=1S/C20H22FN3O2S/c1-23(2)10-11-24(19(25)12-14-4-7-16(26-3)8-5-14)20-22-17-9-6-15(21)13-18(17)27-20/h4-9,13H,10-12H2,1-3H3/p+1. The number of nitrogens with zero attached hydrogens (tertiary/aromatic N) is 2. The Hall–Kier alpha value is -2.51. The summed E-state index contributed by atoms with van der Waals surface area (Å²) in [6, 6.07) is 12.0. The molecule has 1 N–H and O–H groups in total. The van der Waals surface area contributed by atoms with Crippen LogP contribution in [0.15, 0.2) is 42.5 Å². The zero-order chi connectivity index (χ0) is 19.4. The van der Waals surface area contributed by atoms with Gasteiger partial charge in [-0.2, -0.15) is 0 Å². The second-order valence-corrected chi connectivity index (χ2v) is 7.64. The lowest BCUT2D eigenvalue weighted by Crippen LogP contribution is -3.06. The minimum Gasteiger partial charge on any atom is -0.497 e. The van der Waals surface area contributed by atoms with Crippen LogP contribution in [0.3, 0.4) is 0 Å². The van der Waals surface area contributed by atoms with E-state index >= 15 is 0 Å². The zero-order valence-corrected chi connectivity index (χ0v) is 16.5. The van der Waals surface area contributed by atoms with Crippen LogP contribution in [-0.2, 0) is 11.2 Å². The summed E-state index contributed by atoms with van der Waals surface area (Å²) < 4.78 is 19.4. The minimum atomic E-state index is -0.299. The van der Waals surface area contributed by atoms with Crippen molar-refractivity contribution in [3.63, 3.8) is 0 Å². The number of carbonyl (C=O) groups excluding carboxylic acids is 1. The van der Waals surface area contributed by atoms with Gasteiger partial charge in [-0.3, -0.25) is 9.69 Å². The predicted octanol–water partition coefficient (Wildman–Crippen LogP) is 2.16. The van der Waals surface area contributed by atoms with Gasteiger partial charge >= 0.3 is 0 Å². The Bertz CT molecular complexity index is 925. The summed E-state index contributed by atoms with van der Waals surface area (Å²) in [5.74, 6) is 0.431. The Morgan fingerprint density at radius 3 is 2.63 bits per heavy atom. The fraction of sp³-hybridized carbons (Fsp3) is 0.300. The summed E-state index contributed by atoms with van der Waals surface area (Å²) in [7, 11) is 5.70. The molecule has 0 bridgehead atoms. The van der Waals surface area contributed by atoms with Crippen LogP contribution in [0.4, 0.5) is 9.52 Å². The van der Waals surface area contributed by atoms with E-state index < -0.39 is 0 Å². The second-order valence-electron chi connectivity index (χ2n) is 6.64. The van der Waals surface area contributed by atoms with Crippen molar-refractivity contribution in [3.8, 4) is 5.75 Å². The molecule has 0 aliphatic rings. The van der Waals surface area contributed by atoms with Crippen molar-refractivity contribution in [2.45, 2.75) is 6.42 Å². The Morgan fingerprint density at radius 1 is 1.22 bits per heavy atom. The highest BCUT2D eigenvalue weighted by molar-refractivity contribution is 7.22. The number of methoxy groups -OCH3 is 1. The van der Waals surface area contributed by atoms with E-state index in [1.165, 1.54) is 28.4 Å². The normalized spacial score (nSPS) is 11.1. The van der Waals surface area contributed by atoms with E-state index in [-0.39, 0.29) is 18.1 Å². The van der Waals surface area contributed by atoms with Crippen LogP contribution in [0.1, 0.15) is 5.56 Å². The lowest BCUT2D eigenvalue weighted by atomic mass is 10.1. The summed E-state index contributed by atoms with van der Waals surface area (Å²) in [6.45, 7) is 1.35. The van der Waals surface area contributed by atoms with Crippen LogP contribution in [0, 0.1) is 5.82 Å². The van der Waals surface area contributed by atoms with Crippen LogP contribution in [0.25, 0.3) is 10.2 Å². The molecule has 0 aliphatic heterocycles. The predicted molar refractivity (Wildman–Crippen MR) is 106 cm³/mol. The fourth-order valence-electron chi connectivity index (χ4n) is 2.68. The molecule has 1 heterocycles. The quantitative estimate of drug-likeness (QED) is 0.675. The van der Waals surface area contributed by atoms with Gasteiger partial charge in [0.05, 0.1) is 50.9 Å². The van der Waals surface area contributed by atoms with E-state index in [4.69, 9.17) is 4.74 Å². The van der Waals surface area contributed by atoms with Gasteiger partial charge in [-0.15, -0.1) is 0 Å². The number of carbonyl (C=O) groups is 1. The maximum atomic E-state index is 13.5. The largest absolute Gasteiger partial charge is 0.497 e. The molecule has 7 heteroatoms. The highest BCUT2D eigenvalue weighted by Crippen LogP contribution is 2.29. The van der Waals surface area contributed by atoms with Crippen LogP contribution in [-0.4, -0.2) is 45.2 Å². The number of halogens is 1. The van der Waals surface area contributed by atoms with E-state index in [0.717, 1.165) is 22.6 Å². The number of likely N-dealkylation sites (N-methyl/N-ethyl adjacent to an activating group) is 1. The molecule has 1 aromatic heterocycles. The second kappa shape index (κ2) is 8.45. The molecule has 0 atom stereocenters. The maximum absolute atomic E-state index is 13.5. The van der Waals surface area contributed by atoms with Gasteiger partial charge in [-0.05, 0) is 35.9 Å². The molecule has 0 aliphatic carbocycles. The Balaban J connectivity index is 1.85. The zero-order valence-electron chi connectivity index (χ0n) is 15.7. The van der Waals surface area contributed by atoms with E-state index in [1.807, 2.05) is 38.4 Å². The van der Waals surface area contributed by atoms with Crippen LogP contribution < -0.4 is 14.5 Å². The first kappa shape index (κ1) is 19.3. The Labute approximate surface area is 162 Å². The van der Waals surface area contributed by atoms with Crippen molar-refractivity contribution in [1.82, 2.24) is 4.98 Å². The maximum Gasteiger partial charge on any atom is 0.233 e. The van der Waals surface area contributed by atoms with E-state index in [0.29, 0.717) is 17.2 Å². The van der Waals surface area contributed by atoms with Gasteiger partial charge in [-0.1, -0.05) is 23.5 Å². The molecule has 0 fully saturated rings. The molecule has 0 spiro atoms. The van der Waals surface area contributed by atoms with Crippen molar-refractivity contribution in [3.05, 3.63) is 53.8 Å². The summed E-state index contributed by atoms with van der Waals surface area (Å²) >= 11 is 1.34. The van der Waals surface area contributed by atoms with Crippen LogP contribution in [0.2, 0.25) is 0 Å². The van der Waals surface area contributed by atoms with Gasteiger partial charge in [0.25, 0.3) is 0 Å². The van der Waals surface area contributed by atoms with Gasteiger partial charge in [0.15, 0.2) is 5.13 Å². The molecule has 0 saturated carbocycles. The molecule has 0 unspecified atom stereocenters. The molecule has 142 valence electrons. The Morgan fingerprint density at radius 2 is 1.96 bits per heavy atom. The SMILES string of the molecule is COc1ccc(CC(=O)N(CC[NH+](C)C)c2nc3ccc(F)cc3s2)cc1. The van der Waals surface area contributed by atoms with Gasteiger partial charge in [0.2, 0.25) is 5.91 Å². The third-order valence-electron chi connectivity index (χ3n) is 4.22. The first-order valence-corrected chi connectivity index (χ1v) is 9.56. The number of benzene rings is 2. The fourth-order valence-corrected chi connectivity index (χ4v) is 3.71. The van der Waals surface area contributed by atoms with Crippen LogP contribution in [0.5, 0.6) is 5.75 Å². The van der Waals surface area contributed by atoms with E-state index in [2.05, 4.69) is 4.98 Å². The molecular formula is C20H23FN3O2S+. The number of hydrogen-bond donors (Lipinski definition) is 1. The molecule has 3 rings (SSSR count). The number of quaternary nitrogens is 1. The first-order valence-electron chi connectivity index (χ1n) is 8.74. The molecule has 27 heavy (non-hydrogen) atoms. The van der Waals surface area contributed by atoms with Crippen molar-refractivity contribution in [1.29, 1.82) is 0 Å². The Kier molecular flexibility index (Phi) is 6.03. The van der Waals surface area contributed by atoms with Crippen molar-refractivity contribution >= 4 is 32.6 Å². The van der Waals surface area contributed by atoms with E-state index in [9.17, 15) is 9.18 Å². The van der Waals surface area contributed by atoms with Gasteiger partial charge in [-0.25, -0.2) is 9.37 Å². The monoisotopic (exact) mass is 388 g/mol. The smallest absolute Gasteiger partial charge is 0.233 e. The topological polar surface area (TPSA) is 46.9 Å². The number of hydrogen-bond acceptors (Lipinski definition) is 4. The van der Waals surface area contributed by atoms with Gasteiger partial charge in [0, 0.05) is 0 Å². The molecule has 0 radical (unpaired) electrons. The molecular weight excluding hydrogens is 365 g/mol. The lowest BCUT2D eigenvalue weighted by molar-refractivity contribution is -0.856. The average Bonchev–Trinajstić information content (AvgIpc) is 3.05. The summed E-state index contributed by atoms with van der Waals surface area (Å²) in [5.41, 5.74) is 1.62. The third kappa shape index (κ3) is 4.81. The number of nitrogens with one attached hydrogen (secondary N) is 1. The van der Waals surface area contributed by atoms with Gasteiger partial charge < -0.3 is 9.64 Å². The summed E-state index contributed by atoms with van der Waals surface area (Å²) in [6.07, 6.45) is 0.275. The molecule has 1 amide bonds. The third-order valence-corrected chi connectivity index (χ3v) is 5.26. The molecule has 3 aromatic rings. The molecule has 2 aromatic carbocycles. The van der Waals surface area contributed by atoms with Crippen molar-refractivity contribution < 1.29 is 18.8 Å². The van der Waals surface area contributed by atoms with Crippen LogP contribution >= 0.6 is 11.3 Å². The average molecular weight is 388 g/mol. The summed E-state index contributed by atoms with van der Waals surface area (Å²) in [4.78, 5) is 20.5. The molecule has 5 nitrogen and oxygen atoms in total. The van der Waals surface area contributed by atoms with Gasteiger partial charge in [0.1, 0.15) is 11.6 Å². The number of anilines is 1.